The van der Waals surface area contributed by atoms with Crippen LogP contribution in [0, 0.1) is 13.8 Å². The summed E-state index contributed by atoms with van der Waals surface area (Å²) in [5, 5.41) is 9.43. The van der Waals surface area contributed by atoms with E-state index in [1.54, 1.807) is 0 Å². The first-order valence-electron chi connectivity index (χ1n) is 5.09. The monoisotopic (exact) mass is 192 g/mol. The molecule has 1 fully saturated rings. The van der Waals surface area contributed by atoms with Crippen molar-refractivity contribution in [3.05, 3.63) is 29.3 Å². The number of benzene rings is 1. The average Bonchev–Trinajstić information content (AvgIpc) is 2.15. The van der Waals surface area contributed by atoms with Gasteiger partial charge in [0.05, 0.1) is 6.10 Å². The predicted molar refractivity (Wildman–Crippen MR) is 55.6 cm³/mol. The minimum absolute atomic E-state index is 0.00907. The van der Waals surface area contributed by atoms with Crippen LogP contribution in [-0.2, 0) is 0 Å². The molecule has 0 amide bonds. The molecule has 0 bridgehead atoms. The van der Waals surface area contributed by atoms with Crippen molar-refractivity contribution in [2.24, 2.45) is 0 Å². The zero-order chi connectivity index (χ0) is 10.1. The fraction of sp³-hybridized carbons (Fsp3) is 0.500. The summed E-state index contributed by atoms with van der Waals surface area (Å²) in [7, 11) is 0. The minimum Gasteiger partial charge on any atom is -0.487 e. The maximum Gasteiger partial charge on any atom is 0.125 e. The van der Waals surface area contributed by atoms with Gasteiger partial charge in [0, 0.05) is 0 Å². The normalized spacial score (nSPS) is 25.6. The lowest BCUT2D eigenvalue weighted by atomic mass is 9.92. The van der Waals surface area contributed by atoms with Gasteiger partial charge in [-0.15, -0.1) is 0 Å². The molecular weight excluding hydrogens is 176 g/mol. The Morgan fingerprint density at radius 2 is 1.86 bits per heavy atom. The van der Waals surface area contributed by atoms with Crippen molar-refractivity contribution in [1.29, 1.82) is 0 Å². The van der Waals surface area contributed by atoms with Gasteiger partial charge < -0.3 is 9.84 Å². The molecule has 2 atom stereocenters. The zero-order valence-corrected chi connectivity index (χ0v) is 8.66. The molecule has 1 N–H and O–H groups in total. The Kier molecular flexibility index (Phi) is 2.46. The van der Waals surface area contributed by atoms with Crippen molar-refractivity contribution in [1.82, 2.24) is 0 Å². The molecule has 0 aliphatic heterocycles. The zero-order valence-electron chi connectivity index (χ0n) is 8.66. The molecule has 0 aromatic heterocycles. The molecule has 2 nitrogen and oxygen atoms in total. The Morgan fingerprint density at radius 1 is 1.21 bits per heavy atom. The number of hydrogen-bond acceptors (Lipinski definition) is 2. The number of rotatable bonds is 2. The second-order valence-electron chi connectivity index (χ2n) is 4.02. The third-order valence-electron chi connectivity index (χ3n) is 2.85. The van der Waals surface area contributed by atoms with E-state index in [1.807, 2.05) is 32.0 Å². The second-order valence-corrected chi connectivity index (χ2v) is 4.02. The minimum atomic E-state index is -0.269. The van der Waals surface area contributed by atoms with Crippen molar-refractivity contribution in [2.45, 2.75) is 38.9 Å². The molecule has 1 aliphatic rings. The number of ether oxygens (including phenoxy) is 1. The van der Waals surface area contributed by atoms with E-state index in [0.29, 0.717) is 0 Å². The lowest BCUT2D eigenvalue weighted by Gasteiger charge is -2.33. The summed E-state index contributed by atoms with van der Waals surface area (Å²) in [6.07, 6.45) is 1.58. The highest BCUT2D eigenvalue weighted by Gasteiger charge is 2.31. The van der Waals surface area contributed by atoms with Gasteiger partial charge in [-0.1, -0.05) is 18.2 Å². The van der Waals surface area contributed by atoms with Crippen molar-refractivity contribution in [3.8, 4) is 5.75 Å². The van der Waals surface area contributed by atoms with E-state index >= 15 is 0 Å². The van der Waals surface area contributed by atoms with Gasteiger partial charge in [0.15, 0.2) is 0 Å². The van der Waals surface area contributed by atoms with Crippen molar-refractivity contribution in [2.75, 3.05) is 0 Å². The molecule has 0 spiro atoms. The van der Waals surface area contributed by atoms with Gasteiger partial charge in [-0.3, -0.25) is 0 Å². The van der Waals surface area contributed by atoms with Crippen LogP contribution in [0.15, 0.2) is 18.2 Å². The molecule has 1 aromatic rings. The SMILES string of the molecule is Cc1cccc(C)c1O[C@H]1CC[C@@H]1O. The number of para-hydroxylation sites is 1. The quantitative estimate of drug-likeness (QED) is 0.778. The topological polar surface area (TPSA) is 29.5 Å². The fourth-order valence-electron chi connectivity index (χ4n) is 1.73. The van der Waals surface area contributed by atoms with Gasteiger partial charge in [0.2, 0.25) is 0 Å². The molecule has 2 rings (SSSR count). The molecule has 1 aliphatic carbocycles. The van der Waals surface area contributed by atoms with Crippen LogP contribution < -0.4 is 4.74 Å². The van der Waals surface area contributed by atoms with Crippen LogP contribution >= 0.6 is 0 Å². The van der Waals surface area contributed by atoms with E-state index in [4.69, 9.17) is 4.74 Å². The largest absolute Gasteiger partial charge is 0.487 e. The molecule has 14 heavy (non-hydrogen) atoms. The molecule has 1 saturated carbocycles. The summed E-state index contributed by atoms with van der Waals surface area (Å²) in [6, 6.07) is 6.09. The van der Waals surface area contributed by atoms with E-state index in [9.17, 15) is 5.11 Å². The third kappa shape index (κ3) is 1.62. The summed E-state index contributed by atoms with van der Waals surface area (Å²) >= 11 is 0. The second kappa shape index (κ2) is 3.62. The van der Waals surface area contributed by atoms with Crippen LogP contribution in [0.25, 0.3) is 0 Å². The summed E-state index contributed by atoms with van der Waals surface area (Å²) in [4.78, 5) is 0. The molecular formula is C12H16O2. The molecule has 0 radical (unpaired) electrons. The Hall–Kier alpha value is -1.02. The van der Waals surface area contributed by atoms with E-state index in [2.05, 4.69) is 0 Å². The predicted octanol–water partition coefficient (Wildman–Crippen LogP) is 2.21. The van der Waals surface area contributed by atoms with Crippen LogP contribution in [0.4, 0.5) is 0 Å². The standard InChI is InChI=1S/C12H16O2/c1-8-4-3-5-9(2)12(8)14-11-7-6-10(11)13/h3-5,10-11,13H,6-7H2,1-2H3/t10-,11-/m0/s1. The molecule has 1 aromatic carbocycles. The Bertz CT molecular complexity index is 313. The van der Waals surface area contributed by atoms with E-state index < -0.39 is 0 Å². The number of aryl methyl sites for hydroxylation is 2. The highest BCUT2D eigenvalue weighted by Crippen LogP contribution is 2.30. The van der Waals surface area contributed by atoms with Gasteiger partial charge in [0.1, 0.15) is 11.9 Å². The molecule has 0 heterocycles. The number of hydrogen-bond donors (Lipinski definition) is 1. The van der Waals surface area contributed by atoms with Gasteiger partial charge in [0.25, 0.3) is 0 Å². The maximum atomic E-state index is 9.43. The van der Waals surface area contributed by atoms with Gasteiger partial charge >= 0.3 is 0 Å². The van der Waals surface area contributed by atoms with Crippen molar-refractivity contribution >= 4 is 0 Å². The van der Waals surface area contributed by atoms with E-state index in [-0.39, 0.29) is 12.2 Å². The summed E-state index contributed by atoms with van der Waals surface area (Å²) in [5.41, 5.74) is 2.29. The Balaban J connectivity index is 2.15. The van der Waals surface area contributed by atoms with Crippen molar-refractivity contribution < 1.29 is 9.84 Å². The van der Waals surface area contributed by atoms with Crippen LogP contribution in [-0.4, -0.2) is 17.3 Å². The summed E-state index contributed by atoms with van der Waals surface area (Å²) < 4.78 is 5.77. The van der Waals surface area contributed by atoms with Crippen LogP contribution in [0.2, 0.25) is 0 Å². The van der Waals surface area contributed by atoms with Crippen LogP contribution in [0.3, 0.4) is 0 Å². The van der Waals surface area contributed by atoms with Gasteiger partial charge in [-0.05, 0) is 37.8 Å². The summed E-state index contributed by atoms with van der Waals surface area (Å²) in [5.74, 6) is 0.941. The first-order chi connectivity index (χ1) is 6.68. The Morgan fingerprint density at radius 3 is 2.29 bits per heavy atom. The lowest BCUT2D eigenvalue weighted by Crippen LogP contribution is -2.41. The molecule has 0 unspecified atom stereocenters. The molecule has 76 valence electrons. The van der Waals surface area contributed by atoms with E-state index in [0.717, 1.165) is 29.7 Å². The molecule has 0 saturated heterocycles. The Labute approximate surface area is 84.5 Å². The first kappa shape index (κ1) is 9.53. The smallest absolute Gasteiger partial charge is 0.125 e. The van der Waals surface area contributed by atoms with E-state index in [1.165, 1.54) is 0 Å². The first-order valence-corrected chi connectivity index (χ1v) is 5.09. The van der Waals surface area contributed by atoms with Crippen molar-refractivity contribution in [3.63, 3.8) is 0 Å². The fourth-order valence-corrected chi connectivity index (χ4v) is 1.73. The number of aliphatic hydroxyl groups excluding tert-OH is 1. The maximum absolute atomic E-state index is 9.43. The highest BCUT2D eigenvalue weighted by atomic mass is 16.5. The molecule has 2 heteroatoms. The summed E-state index contributed by atoms with van der Waals surface area (Å²) in [6.45, 7) is 4.07. The van der Waals surface area contributed by atoms with Crippen LogP contribution in [0.1, 0.15) is 24.0 Å². The van der Waals surface area contributed by atoms with Gasteiger partial charge in [-0.25, -0.2) is 0 Å². The number of aliphatic hydroxyl groups is 1. The highest BCUT2D eigenvalue weighted by molar-refractivity contribution is 5.40. The van der Waals surface area contributed by atoms with Crippen LogP contribution in [0.5, 0.6) is 5.75 Å². The lowest BCUT2D eigenvalue weighted by molar-refractivity contribution is -0.0367. The third-order valence-corrected chi connectivity index (χ3v) is 2.85. The van der Waals surface area contributed by atoms with Gasteiger partial charge in [-0.2, -0.15) is 0 Å². The average molecular weight is 192 g/mol.